The Labute approximate surface area is 261 Å². The Kier molecular flexibility index (Phi) is 9.99. The number of rotatable bonds is 11. The van der Waals surface area contributed by atoms with Gasteiger partial charge in [0.25, 0.3) is 5.91 Å². The molecule has 0 aromatic heterocycles. The molecule has 0 saturated carbocycles. The van der Waals surface area contributed by atoms with Crippen molar-refractivity contribution in [1.82, 2.24) is 21.1 Å². The summed E-state index contributed by atoms with van der Waals surface area (Å²) in [5.74, 6) is 0.223. The fourth-order valence-corrected chi connectivity index (χ4v) is 6.34. The van der Waals surface area contributed by atoms with Gasteiger partial charge < -0.3 is 40.0 Å². The molecule has 2 unspecified atom stereocenters. The fourth-order valence-electron chi connectivity index (χ4n) is 6.34. The Morgan fingerprint density at radius 2 is 1.89 bits per heavy atom. The summed E-state index contributed by atoms with van der Waals surface area (Å²) in [4.78, 5) is 38.6. The van der Waals surface area contributed by atoms with Crippen LogP contribution in [0.3, 0.4) is 0 Å². The molecule has 2 aromatic carbocycles. The Hall–Kier alpha value is -3.91. The number of fused-ring (bicyclic) bond motifs is 2. The minimum absolute atomic E-state index is 0.0159. The van der Waals surface area contributed by atoms with E-state index >= 15 is 0 Å². The summed E-state index contributed by atoms with van der Waals surface area (Å²) in [5, 5.41) is 22.3. The molecule has 4 aliphatic heterocycles. The van der Waals surface area contributed by atoms with Gasteiger partial charge in [0.1, 0.15) is 18.5 Å². The molecule has 13 nitrogen and oxygen atoms in total. The van der Waals surface area contributed by atoms with Crippen molar-refractivity contribution in [2.75, 3.05) is 44.8 Å². The number of aliphatic hydroxyl groups is 1. The summed E-state index contributed by atoms with van der Waals surface area (Å²) in [7, 11) is 0. The zero-order valence-electron chi connectivity index (χ0n) is 25.1. The molecule has 3 amide bonds. The zero-order chi connectivity index (χ0) is 31.2. The van der Waals surface area contributed by atoms with Gasteiger partial charge in [-0.15, -0.1) is 0 Å². The molecular weight excluding hydrogens is 582 g/mol. The smallest absolute Gasteiger partial charge is 0.407 e. The van der Waals surface area contributed by atoms with Crippen molar-refractivity contribution in [1.29, 1.82) is 0 Å². The second kappa shape index (κ2) is 14.5. The van der Waals surface area contributed by atoms with Crippen LogP contribution < -0.4 is 26.1 Å². The van der Waals surface area contributed by atoms with Crippen molar-refractivity contribution < 1.29 is 38.4 Å². The first kappa shape index (κ1) is 31.1. The lowest BCUT2D eigenvalue weighted by Gasteiger charge is -2.34. The van der Waals surface area contributed by atoms with E-state index in [9.17, 15) is 19.5 Å². The molecule has 0 radical (unpaired) electrons. The predicted octanol–water partition coefficient (Wildman–Crippen LogP) is 1.57. The van der Waals surface area contributed by atoms with Gasteiger partial charge in [0, 0.05) is 50.0 Å². The van der Waals surface area contributed by atoms with Crippen molar-refractivity contribution >= 4 is 23.6 Å². The van der Waals surface area contributed by atoms with Gasteiger partial charge in [-0.1, -0.05) is 30.3 Å². The number of nitrogens with one attached hydrogen (secondary N) is 4. The van der Waals surface area contributed by atoms with Gasteiger partial charge in [-0.25, -0.2) is 9.80 Å². The van der Waals surface area contributed by atoms with Gasteiger partial charge in [0.2, 0.25) is 5.91 Å². The molecule has 13 heteroatoms. The molecule has 2 aromatic rings. The molecule has 6 atom stereocenters. The maximum Gasteiger partial charge on any atom is 0.407 e. The molecule has 5 N–H and O–H groups in total. The molecular formula is C32H41N5O8. The third-order valence-electron chi connectivity index (χ3n) is 8.68. The van der Waals surface area contributed by atoms with E-state index in [-0.39, 0.29) is 49.3 Å². The molecule has 0 spiro atoms. The van der Waals surface area contributed by atoms with Crippen LogP contribution in [0.2, 0.25) is 0 Å². The lowest BCUT2D eigenvalue weighted by molar-refractivity contribution is -0.179. The number of carbonyl (C=O) groups is 3. The first-order valence-electron chi connectivity index (χ1n) is 15.7. The Bertz CT molecular complexity index is 1350. The van der Waals surface area contributed by atoms with Crippen LogP contribution in [0, 0.1) is 5.92 Å². The van der Waals surface area contributed by atoms with Crippen LogP contribution in [0.25, 0.3) is 0 Å². The van der Waals surface area contributed by atoms with Crippen LogP contribution >= 0.6 is 0 Å². The van der Waals surface area contributed by atoms with E-state index < -0.39 is 18.2 Å². The van der Waals surface area contributed by atoms with Crippen LogP contribution in [0.4, 0.5) is 10.5 Å². The molecule has 4 aliphatic rings. The van der Waals surface area contributed by atoms with Gasteiger partial charge >= 0.3 is 6.09 Å². The highest BCUT2D eigenvalue weighted by Crippen LogP contribution is 2.32. The number of hydrogen-bond acceptors (Lipinski definition) is 10. The van der Waals surface area contributed by atoms with Crippen molar-refractivity contribution in [2.24, 2.45) is 5.92 Å². The second-order valence-electron chi connectivity index (χ2n) is 11.9. The minimum atomic E-state index is -1.11. The monoisotopic (exact) mass is 623 g/mol. The SMILES string of the molecule is O=C1CCC(CN(C[C@@H](O)[C@H](Cc2ccccc2)NC(=O)O[C@H]2CCO[C@H]3OCCC32)NC(=O)c2ccc3c(c2)NCCO3)N1. The fraction of sp³-hybridized carbons (Fsp3) is 0.531. The number of carbonyl (C=O) groups excluding carboxylic acids is 3. The third kappa shape index (κ3) is 8.03. The maximum absolute atomic E-state index is 13.4. The normalized spacial score (nSPS) is 25.2. The predicted molar refractivity (Wildman–Crippen MR) is 162 cm³/mol. The average Bonchev–Trinajstić information content (AvgIpc) is 3.70. The number of alkyl carbamates (subject to hydrolysis) is 1. The van der Waals surface area contributed by atoms with Gasteiger partial charge in [-0.05, 0) is 43.0 Å². The molecule has 6 rings (SSSR count). The largest absolute Gasteiger partial charge is 0.490 e. The highest BCUT2D eigenvalue weighted by atomic mass is 16.7. The van der Waals surface area contributed by atoms with Crippen LogP contribution in [0.1, 0.15) is 41.6 Å². The summed E-state index contributed by atoms with van der Waals surface area (Å²) in [5.41, 5.74) is 4.98. The van der Waals surface area contributed by atoms with E-state index in [1.54, 1.807) is 23.2 Å². The van der Waals surface area contributed by atoms with Crippen molar-refractivity contribution in [3.8, 4) is 5.75 Å². The number of amides is 3. The second-order valence-corrected chi connectivity index (χ2v) is 11.9. The average molecular weight is 624 g/mol. The topological polar surface area (TPSA) is 160 Å². The third-order valence-corrected chi connectivity index (χ3v) is 8.68. The van der Waals surface area contributed by atoms with Crippen LogP contribution in [0.15, 0.2) is 48.5 Å². The summed E-state index contributed by atoms with van der Waals surface area (Å²) in [6.45, 7) is 2.44. The Balaban J connectivity index is 1.15. The Morgan fingerprint density at radius 1 is 1.07 bits per heavy atom. The maximum atomic E-state index is 13.4. The van der Waals surface area contributed by atoms with E-state index in [1.807, 2.05) is 30.3 Å². The minimum Gasteiger partial charge on any atom is -0.490 e. The molecule has 242 valence electrons. The summed E-state index contributed by atoms with van der Waals surface area (Å²) >= 11 is 0. The lowest BCUT2D eigenvalue weighted by Crippen LogP contribution is -2.56. The standard InChI is InChI=1S/C32H41N5O8/c38-26(24(16-20-4-2-1-3-5-20)35-32(41)45-27-11-14-44-31-23(27)10-13-43-31)19-37(18-22-7-9-29(39)34-22)36-30(40)21-6-8-28-25(17-21)33-12-15-42-28/h1-6,8,17,22-24,26-27,31,33,38H,7,9-16,18-19H2,(H,34,39)(H,35,41)(H,36,40)/t22?,23?,24-,26+,27-,31+/m0/s1. The van der Waals surface area contributed by atoms with E-state index in [0.717, 1.165) is 17.7 Å². The van der Waals surface area contributed by atoms with Gasteiger partial charge in [-0.3, -0.25) is 15.0 Å². The van der Waals surface area contributed by atoms with Gasteiger partial charge in [0.05, 0.1) is 31.0 Å². The quantitative estimate of drug-likeness (QED) is 0.233. The molecule has 4 heterocycles. The van der Waals surface area contributed by atoms with Crippen LogP contribution in [-0.2, 0) is 25.4 Å². The molecule has 3 fully saturated rings. The highest BCUT2D eigenvalue weighted by Gasteiger charge is 2.41. The van der Waals surface area contributed by atoms with E-state index in [2.05, 4.69) is 21.4 Å². The van der Waals surface area contributed by atoms with Crippen molar-refractivity contribution in [3.63, 3.8) is 0 Å². The Morgan fingerprint density at radius 3 is 2.69 bits per heavy atom. The lowest BCUT2D eigenvalue weighted by atomic mass is 9.95. The van der Waals surface area contributed by atoms with E-state index in [0.29, 0.717) is 63.4 Å². The molecule has 3 saturated heterocycles. The van der Waals surface area contributed by atoms with Gasteiger partial charge in [0.15, 0.2) is 6.29 Å². The summed E-state index contributed by atoms with van der Waals surface area (Å²) in [6, 6.07) is 13.7. The molecule has 0 aliphatic carbocycles. The number of ether oxygens (including phenoxy) is 4. The summed E-state index contributed by atoms with van der Waals surface area (Å²) in [6.07, 6.45) is 0.206. The first-order valence-corrected chi connectivity index (χ1v) is 15.7. The number of hydrogen-bond donors (Lipinski definition) is 5. The number of benzene rings is 2. The van der Waals surface area contributed by atoms with Crippen molar-refractivity contribution in [3.05, 3.63) is 59.7 Å². The number of hydrazine groups is 1. The van der Waals surface area contributed by atoms with E-state index in [4.69, 9.17) is 18.9 Å². The van der Waals surface area contributed by atoms with Crippen LogP contribution in [0.5, 0.6) is 5.75 Å². The zero-order valence-corrected chi connectivity index (χ0v) is 25.1. The van der Waals surface area contributed by atoms with Gasteiger partial charge in [-0.2, -0.15) is 0 Å². The number of aliphatic hydroxyl groups excluding tert-OH is 1. The molecule has 45 heavy (non-hydrogen) atoms. The first-order chi connectivity index (χ1) is 21.9. The number of anilines is 1. The van der Waals surface area contributed by atoms with E-state index in [1.165, 1.54) is 0 Å². The summed E-state index contributed by atoms with van der Waals surface area (Å²) < 4.78 is 22.7. The van der Waals surface area contributed by atoms with Crippen LogP contribution in [-0.4, -0.2) is 98.1 Å². The number of nitrogens with zero attached hydrogens (tertiary/aromatic N) is 1. The molecule has 0 bridgehead atoms. The van der Waals surface area contributed by atoms with Crippen molar-refractivity contribution in [2.45, 2.75) is 62.7 Å². The highest BCUT2D eigenvalue weighted by molar-refractivity contribution is 5.95.